The van der Waals surface area contributed by atoms with Crippen LogP contribution < -0.4 is 5.73 Å². The van der Waals surface area contributed by atoms with Crippen LogP contribution in [0.25, 0.3) is 0 Å². The Balaban J connectivity index is 1.82. The van der Waals surface area contributed by atoms with Gasteiger partial charge in [-0.05, 0) is 57.0 Å². The van der Waals surface area contributed by atoms with Crippen LogP contribution in [0.3, 0.4) is 0 Å². The normalized spacial score (nSPS) is 15.5. The van der Waals surface area contributed by atoms with Gasteiger partial charge in [-0.3, -0.25) is 4.90 Å². The van der Waals surface area contributed by atoms with Crippen molar-refractivity contribution in [2.75, 3.05) is 32.8 Å². The van der Waals surface area contributed by atoms with E-state index in [1.807, 2.05) is 0 Å². The van der Waals surface area contributed by atoms with Gasteiger partial charge in [-0.1, -0.05) is 48.9 Å². The molecule has 0 aliphatic carbocycles. The summed E-state index contributed by atoms with van der Waals surface area (Å²) in [6.07, 6.45) is 3.56. The second kappa shape index (κ2) is 9.67. The Morgan fingerprint density at radius 1 is 0.926 bits per heavy atom. The van der Waals surface area contributed by atoms with Crippen LogP contribution in [0, 0.1) is 13.8 Å². The van der Waals surface area contributed by atoms with Crippen molar-refractivity contribution in [1.82, 2.24) is 9.80 Å². The van der Waals surface area contributed by atoms with E-state index in [9.17, 15) is 0 Å². The topological polar surface area (TPSA) is 44.9 Å². The Kier molecular flexibility index (Phi) is 7.02. The Bertz CT molecular complexity index is 768. The van der Waals surface area contributed by atoms with Gasteiger partial charge in [0.25, 0.3) is 0 Å². The molecule has 144 valence electrons. The number of nitrogens with zero attached hydrogens (tertiary/aromatic N) is 3. The maximum Gasteiger partial charge on any atom is 0.137 e. The molecule has 4 heteroatoms. The van der Waals surface area contributed by atoms with Gasteiger partial charge in [-0.2, -0.15) is 0 Å². The number of aryl methyl sites for hydroxylation is 2. The maximum atomic E-state index is 5.61. The summed E-state index contributed by atoms with van der Waals surface area (Å²) < 4.78 is 0. The van der Waals surface area contributed by atoms with E-state index in [1.165, 1.54) is 29.5 Å². The zero-order chi connectivity index (χ0) is 19.1. The molecule has 0 spiro atoms. The lowest BCUT2D eigenvalue weighted by Crippen LogP contribution is -2.32. The summed E-state index contributed by atoms with van der Waals surface area (Å²) in [5, 5.41) is 0. The van der Waals surface area contributed by atoms with Crippen LogP contribution in [0.15, 0.2) is 53.5 Å². The number of nitrogens with two attached hydrogens (primary N) is 1. The van der Waals surface area contributed by atoms with E-state index in [2.05, 4.69) is 72.2 Å². The first kappa shape index (κ1) is 19.6. The summed E-state index contributed by atoms with van der Waals surface area (Å²) in [6.45, 7) is 9.30. The third kappa shape index (κ3) is 5.18. The minimum Gasteiger partial charge on any atom is -0.342 e. The molecule has 0 aromatic heterocycles. The molecular weight excluding hydrogens is 332 g/mol. The number of rotatable bonds is 7. The molecule has 2 aromatic rings. The first-order valence-corrected chi connectivity index (χ1v) is 10.1. The van der Waals surface area contributed by atoms with Crippen LogP contribution in [-0.2, 0) is 0 Å². The monoisotopic (exact) mass is 364 g/mol. The minimum absolute atomic E-state index is 0.798. The summed E-state index contributed by atoms with van der Waals surface area (Å²) in [7, 11) is 0. The smallest absolute Gasteiger partial charge is 0.137 e. The summed E-state index contributed by atoms with van der Waals surface area (Å²) in [5.41, 5.74) is 10.4. The van der Waals surface area contributed by atoms with Gasteiger partial charge >= 0.3 is 0 Å². The molecule has 0 saturated carbocycles. The molecule has 0 bridgehead atoms. The molecular formula is C23H32N4. The second-order valence-electron chi connectivity index (χ2n) is 7.41. The molecule has 1 aliphatic rings. The third-order valence-corrected chi connectivity index (χ3v) is 5.26. The first-order chi connectivity index (χ1) is 13.2. The number of benzene rings is 2. The summed E-state index contributed by atoms with van der Waals surface area (Å²) in [4.78, 5) is 10.1. The predicted molar refractivity (Wildman–Crippen MR) is 115 cm³/mol. The number of hydrogen-bond acceptors (Lipinski definition) is 3. The highest BCUT2D eigenvalue weighted by Gasteiger charge is 2.24. The highest BCUT2D eigenvalue weighted by molar-refractivity contribution is 6.01. The van der Waals surface area contributed by atoms with E-state index < -0.39 is 0 Å². The standard InChI is InChI=1S/C23H32N4/c1-19-10-4-6-12-21(19)23(25-22-13-7-5-11-20(22)2)27-17-16-26(18-27)15-9-3-8-14-24/h4-7,10-13H,3,8-9,14-18,24H2,1-2H3. The van der Waals surface area contributed by atoms with Crippen molar-refractivity contribution in [1.29, 1.82) is 0 Å². The fourth-order valence-electron chi connectivity index (χ4n) is 3.58. The third-order valence-electron chi connectivity index (χ3n) is 5.26. The quantitative estimate of drug-likeness (QED) is 0.457. The highest BCUT2D eigenvalue weighted by Crippen LogP contribution is 2.23. The van der Waals surface area contributed by atoms with Gasteiger partial charge in [-0.25, -0.2) is 4.99 Å². The lowest BCUT2D eigenvalue weighted by molar-refractivity contribution is 0.294. The van der Waals surface area contributed by atoms with E-state index in [4.69, 9.17) is 10.7 Å². The van der Waals surface area contributed by atoms with E-state index in [-0.39, 0.29) is 0 Å². The molecule has 27 heavy (non-hydrogen) atoms. The number of aliphatic imine (C=N–C) groups is 1. The average Bonchev–Trinajstić information content (AvgIpc) is 3.14. The van der Waals surface area contributed by atoms with Crippen molar-refractivity contribution in [3.05, 3.63) is 65.2 Å². The van der Waals surface area contributed by atoms with Crippen molar-refractivity contribution in [2.45, 2.75) is 33.1 Å². The Hall–Kier alpha value is -2.17. The SMILES string of the molecule is Cc1ccccc1N=C(c1ccccc1C)N1CCN(CCCCCN)C1. The summed E-state index contributed by atoms with van der Waals surface area (Å²) >= 11 is 0. The molecule has 0 unspecified atom stereocenters. The first-order valence-electron chi connectivity index (χ1n) is 10.1. The minimum atomic E-state index is 0.798. The van der Waals surface area contributed by atoms with Crippen LogP contribution in [0.1, 0.15) is 36.0 Å². The van der Waals surface area contributed by atoms with Gasteiger partial charge in [0.05, 0.1) is 12.4 Å². The van der Waals surface area contributed by atoms with Crippen molar-refractivity contribution in [3.63, 3.8) is 0 Å². The molecule has 2 aromatic carbocycles. The molecule has 1 aliphatic heterocycles. The van der Waals surface area contributed by atoms with Gasteiger partial charge < -0.3 is 10.6 Å². The van der Waals surface area contributed by atoms with Gasteiger partial charge in [-0.15, -0.1) is 0 Å². The Morgan fingerprint density at radius 3 is 2.41 bits per heavy atom. The van der Waals surface area contributed by atoms with E-state index >= 15 is 0 Å². The molecule has 0 atom stereocenters. The van der Waals surface area contributed by atoms with E-state index in [0.29, 0.717) is 0 Å². The largest absolute Gasteiger partial charge is 0.342 e. The molecule has 1 fully saturated rings. The zero-order valence-corrected chi connectivity index (χ0v) is 16.7. The van der Waals surface area contributed by atoms with Crippen molar-refractivity contribution >= 4 is 11.5 Å². The Morgan fingerprint density at radius 2 is 1.67 bits per heavy atom. The molecule has 1 saturated heterocycles. The Labute approximate surface area is 163 Å². The van der Waals surface area contributed by atoms with Crippen LogP contribution in [0.2, 0.25) is 0 Å². The molecule has 0 radical (unpaired) electrons. The van der Waals surface area contributed by atoms with Gasteiger partial charge in [0, 0.05) is 18.7 Å². The van der Waals surface area contributed by atoms with E-state index in [1.54, 1.807) is 0 Å². The van der Waals surface area contributed by atoms with Crippen LogP contribution >= 0.6 is 0 Å². The van der Waals surface area contributed by atoms with Gasteiger partial charge in [0.1, 0.15) is 5.84 Å². The number of amidine groups is 1. The van der Waals surface area contributed by atoms with Crippen LogP contribution in [0.5, 0.6) is 0 Å². The lowest BCUT2D eigenvalue weighted by Gasteiger charge is -2.23. The maximum absolute atomic E-state index is 5.61. The molecule has 1 heterocycles. The van der Waals surface area contributed by atoms with E-state index in [0.717, 1.165) is 50.8 Å². The molecule has 4 nitrogen and oxygen atoms in total. The predicted octanol–water partition coefficient (Wildman–Crippen LogP) is 4.09. The van der Waals surface area contributed by atoms with Crippen molar-refractivity contribution in [2.24, 2.45) is 10.7 Å². The fraction of sp³-hybridized carbons (Fsp3) is 0.435. The van der Waals surface area contributed by atoms with Crippen LogP contribution in [0.4, 0.5) is 5.69 Å². The average molecular weight is 365 g/mol. The second-order valence-corrected chi connectivity index (χ2v) is 7.41. The number of hydrogen-bond donors (Lipinski definition) is 1. The van der Waals surface area contributed by atoms with Crippen molar-refractivity contribution in [3.8, 4) is 0 Å². The van der Waals surface area contributed by atoms with Gasteiger partial charge in [0.15, 0.2) is 0 Å². The van der Waals surface area contributed by atoms with Crippen molar-refractivity contribution < 1.29 is 0 Å². The lowest BCUT2D eigenvalue weighted by atomic mass is 10.1. The highest BCUT2D eigenvalue weighted by atomic mass is 15.4. The summed E-state index contributed by atoms with van der Waals surface area (Å²) in [5.74, 6) is 1.09. The van der Waals surface area contributed by atoms with Crippen LogP contribution in [-0.4, -0.2) is 48.5 Å². The molecule has 0 amide bonds. The zero-order valence-electron chi connectivity index (χ0n) is 16.7. The number of para-hydroxylation sites is 1. The van der Waals surface area contributed by atoms with Gasteiger partial charge in [0.2, 0.25) is 0 Å². The molecule has 3 rings (SSSR count). The number of unbranched alkanes of at least 4 members (excludes halogenated alkanes) is 2. The molecule has 2 N–H and O–H groups in total. The fourth-order valence-corrected chi connectivity index (χ4v) is 3.58. The summed E-state index contributed by atoms with van der Waals surface area (Å²) in [6, 6.07) is 16.9.